The highest BCUT2D eigenvalue weighted by Crippen LogP contribution is 2.21. The highest BCUT2D eigenvalue weighted by molar-refractivity contribution is 5.47. The zero-order valence-electron chi connectivity index (χ0n) is 10.6. The summed E-state index contributed by atoms with van der Waals surface area (Å²) in [5.74, 6) is 0.458. The third-order valence-electron chi connectivity index (χ3n) is 3.43. The van der Waals surface area contributed by atoms with Crippen molar-refractivity contribution in [1.29, 1.82) is 0 Å². The van der Waals surface area contributed by atoms with Gasteiger partial charge in [-0.25, -0.2) is 4.39 Å². The van der Waals surface area contributed by atoms with Crippen molar-refractivity contribution in [1.82, 2.24) is 5.32 Å². The molecule has 3 heteroatoms. The number of nitrogens with zero attached hydrogens (tertiary/aromatic N) is 1. The topological polar surface area (TPSA) is 15.3 Å². The molecule has 1 unspecified atom stereocenters. The number of halogens is 1. The van der Waals surface area contributed by atoms with Crippen LogP contribution in [0.15, 0.2) is 24.3 Å². The number of anilines is 1. The zero-order valence-corrected chi connectivity index (χ0v) is 10.6. The Bertz CT molecular complexity index is 365. The Morgan fingerprint density at radius 3 is 2.82 bits per heavy atom. The number of nitrogens with one attached hydrogen (secondary N) is 1. The highest BCUT2D eigenvalue weighted by atomic mass is 19.1. The number of para-hydroxylation sites is 1. The Labute approximate surface area is 103 Å². The molecule has 0 saturated carbocycles. The molecule has 1 aromatic rings. The predicted molar refractivity (Wildman–Crippen MR) is 69.9 cm³/mol. The van der Waals surface area contributed by atoms with E-state index in [1.807, 2.05) is 12.1 Å². The Hall–Kier alpha value is -1.09. The van der Waals surface area contributed by atoms with Gasteiger partial charge >= 0.3 is 0 Å². The Balaban J connectivity index is 2.17. The molecule has 0 aliphatic carbocycles. The maximum absolute atomic E-state index is 13.8. The molecule has 1 N–H and O–H groups in total. The molecule has 0 radical (unpaired) electrons. The average Bonchev–Trinajstić information content (AvgIpc) is 2.55. The molecule has 0 aromatic heterocycles. The van der Waals surface area contributed by atoms with E-state index in [0.29, 0.717) is 12.0 Å². The van der Waals surface area contributed by atoms with Gasteiger partial charge in [0.25, 0.3) is 0 Å². The van der Waals surface area contributed by atoms with Crippen LogP contribution in [0.5, 0.6) is 0 Å². The molecule has 2 nitrogen and oxygen atoms in total. The summed E-state index contributed by atoms with van der Waals surface area (Å²) in [6.45, 7) is 7.26. The third kappa shape index (κ3) is 2.97. The largest absolute Gasteiger partial charge is 0.368 e. The lowest BCUT2D eigenvalue weighted by molar-refractivity contribution is 0.419. The second-order valence-corrected chi connectivity index (χ2v) is 5.06. The Morgan fingerprint density at radius 2 is 2.12 bits per heavy atom. The van der Waals surface area contributed by atoms with Crippen molar-refractivity contribution in [2.75, 3.05) is 24.5 Å². The van der Waals surface area contributed by atoms with E-state index in [4.69, 9.17) is 0 Å². The van der Waals surface area contributed by atoms with E-state index in [1.54, 1.807) is 6.07 Å². The first-order valence-corrected chi connectivity index (χ1v) is 6.41. The Kier molecular flexibility index (Phi) is 4.00. The third-order valence-corrected chi connectivity index (χ3v) is 3.43. The van der Waals surface area contributed by atoms with Gasteiger partial charge in [0.15, 0.2) is 0 Å². The van der Waals surface area contributed by atoms with Crippen molar-refractivity contribution in [2.45, 2.75) is 26.3 Å². The van der Waals surface area contributed by atoms with Gasteiger partial charge in [0.1, 0.15) is 5.82 Å². The monoisotopic (exact) mass is 236 g/mol. The van der Waals surface area contributed by atoms with Gasteiger partial charge < -0.3 is 10.2 Å². The standard InChI is InChI=1S/C14H21FN2/c1-11(2)13-10-17(9-5-8-16-13)14-7-4-3-6-12(14)15/h3-4,6-7,11,13,16H,5,8-10H2,1-2H3. The van der Waals surface area contributed by atoms with Crippen molar-refractivity contribution in [3.63, 3.8) is 0 Å². The van der Waals surface area contributed by atoms with Crippen molar-refractivity contribution in [2.24, 2.45) is 5.92 Å². The SMILES string of the molecule is CC(C)C1CN(c2ccccc2F)CCCN1. The number of benzene rings is 1. The molecule has 94 valence electrons. The van der Waals surface area contributed by atoms with Crippen molar-refractivity contribution >= 4 is 5.69 Å². The molecule has 1 aliphatic heterocycles. The maximum Gasteiger partial charge on any atom is 0.146 e. The number of hydrogen-bond acceptors (Lipinski definition) is 2. The summed E-state index contributed by atoms with van der Waals surface area (Å²) in [5, 5.41) is 3.54. The van der Waals surface area contributed by atoms with Crippen molar-refractivity contribution in [3.05, 3.63) is 30.1 Å². The van der Waals surface area contributed by atoms with Crippen LogP contribution in [-0.2, 0) is 0 Å². The maximum atomic E-state index is 13.8. The minimum atomic E-state index is -0.114. The molecule has 1 heterocycles. The minimum absolute atomic E-state index is 0.114. The predicted octanol–water partition coefficient (Wildman–Crippen LogP) is 2.65. The quantitative estimate of drug-likeness (QED) is 0.849. The van der Waals surface area contributed by atoms with E-state index >= 15 is 0 Å². The van der Waals surface area contributed by atoms with Crippen LogP contribution in [0.2, 0.25) is 0 Å². The van der Waals surface area contributed by atoms with Crippen molar-refractivity contribution in [3.8, 4) is 0 Å². The van der Waals surface area contributed by atoms with Gasteiger partial charge in [-0.15, -0.1) is 0 Å². The first-order chi connectivity index (χ1) is 8.18. The molecule has 0 amide bonds. The normalized spacial score (nSPS) is 21.6. The lowest BCUT2D eigenvalue weighted by Gasteiger charge is -2.28. The van der Waals surface area contributed by atoms with Gasteiger partial charge in [-0.05, 0) is 31.0 Å². The summed E-state index contributed by atoms with van der Waals surface area (Å²) in [6, 6.07) is 7.50. The highest BCUT2D eigenvalue weighted by Gasteiger charge is 2.21. The molecule has 1 fully saturated rings. The minimum Gasteiger partial charge on any atom is -0.368 e. The van der Waals surface area contributed by atoms with Crippen LogP contribution >= 0.6 is 0 Å². The smallest absolute Gasteiger partial charge is 0.146 e. The number of hydrogen-bond donors (Lipinski definition) is 1. The van der Waals surface area contributed by atoms with E-state index in [-0.39, 0.29) is 5.82 Å². The van der Waals surface area contributed by atoms with Crippen LogP contribution in [0, 0.1) is 11.7 Å². The summed E-state index contributed by atoms with van der Waals surface area (Å²) < 4.78 is 13.8. The Morgan fingerprint density at radius 1 is 1.35 bits per heavy atom. The summed E-state index contributed by atoms with van der Waals surface area (Å²) in [4.78, 5) is 2.17. The van der Waals surface area contributed by atoms with Crippen LogP contribution in [0.3, 0.4) is 0 Å². The van der Waals surface area contributed by atoms with Crippen molar-refractivity contribution < 1.29 is 4.39 Å². The summed E-state index contributed by atoms with van der Waals surface area (Å²) in [5.41, 5.74) is 0.738. The second kappa shape index (κ2) is 5.50. The fourth-order valence-electron chi connectivity index (χ4n) is 2.32. The van der Waals surface area contributed by atoms with Crippen LogP contribution < -0.4 is 10.2 Å². The summed E-state index contributed by atoms with van der Waals surface area (Å²) >= 11 is 0. The van der Waals surface area contributed by atoms with Crippen LogP contribution in [-0.4, -0.2) is 25.7 Å². The molecule has 1 saturated heterocycles. The van der Waals surface area contributed by atoms with E-state index in [0.717, 1.165) is 31.7 Å². The summed E-state index contributed by atoms with van der Waals surface area (Å²) in [7, 11) is 0. The summed E-state index contributed by atoms with van der Waals surface area (Å²) in [6.07, 6.45) is 1.07. The molecule has 17 heavy (non-hydrogen) atoms. The van der Waals surface area contributed by atoms with Gasteiger partial charge in [-0.3, -0.25) is 0 Å². The van der Waals surface area contributed by atoms with Crippen LogP contribution in [0.1, 0.15) is 20.3 Å². The van der Waals surface area contributed by atoms with Crippen LogP contribution in [0.25, 0.3) is 0 Å². The molecule has 0 spiro atoms. The van der Waals surface area contributed by atoms with E-state index in [2.05, 4.69) is 24.1 Å². The van der Waals surface area contributed by atoms with Gasteiger partial charge in [0, 0.05) is 19.1 Å². The van der Waals surface area contributed by atoms with Gasteiger partial charge in [0.2, 0.25) is 0 Å². The first-order valence-electron chi connectivity index (χ1n) is 6.41. The average molecular weight is 236 g/mol. The lowest BCUT2D eigenvalue weighted by atomic mass is 10.0. The fraction of sp³-hybridized carbons (Fsp3) is 0.571. The molecule has 1 atom stereocenters. The fourth-order valence-corrected chi connectivity index (χ4v) is 2.32. The lowest BCUT2D eigenvalue weighted by Crippen LogP contribution is -2.41. The van der Waals surface area contributed by atoms with E-state index < -0.39 is 0 Å². The van der Waals surface area contributed by atoms with Gasteiger partial charge in [-0.2, -0.15) is 0 Å². The van der Waals surface area contributed by atoms with Crippen LogP contribution in [0.4, 0.5) is 10.1 Å². The molecule has 2 rings (SSSR count). The van der Waals surface area contributed by atoms with Gasteiger partial charge in [0.05, 0.1) is 5.69 Å². The molecule has 1 aliphatic rings. The molecule has 1 aromatic carbocycles. The molecular formula is C14H21FN2. The zero-order chi connectivity index (χ0) is 12.3. The first kappa shape index (κ1) is 12.4. The van der Waals surface area contributed by atoms with Gasteiger partial charge in [-0.1, -0.05) is 26.0 Å². The molecule has 0 bridgehead atoms. The van der Waals surface area contributed by atoms with E-state index in [1.165, 1.54) is 6.07 Å². The second-order valence-electron chi connectivity index (χ2n) is 5.06. The number of rotatable bonds is 2. The molecular weight excluding hydrogens is 215 g/mol. The van der Waals surface area contributed by atoms with E-state index in [9.17, 15) is 4.39 Å².